The molecule has 1 saturated heterocycles. The zero-order valence-electron chi connectivity index (χ0n) is 18.7. The molecule has 2 amide bonds. The molecule has 36 heavy (non-hydrogen) atoms. The largest absolute Gasteiger partial charge is 0.480 e. The molecular weight excluding hydrogens is 522 g/mol. The van der Waals surface area contributed by atoms with Crippen molar-refractivity contribution in [2.24, 2.45) is 0 Å². The van der Waals surface area contributed by atoms with E-state index in [1.807, 2.05) is 30.3 Å². The van der Waals surface area contributed by atoms with Gasteiger partial charge in [0.05, 0.1) is 16.9 Å². The van der Waals surface area contributed by atoms with E-state index in [4.69, 9.17) is 17.0 Å². The Morgan fingerprint density at radius 2 is 1.81 bits per heavy atom. The van der Waals surface area contributed by atoms with Crippen molar-refractivity contribution in [3.63, 3.8) is 0 Å². The molecule has 0 saturated carbocycles. The third kappa shape index (κ3) is 6.05. The fourth-order valence-electron chi connectivity index (χ4n) is 3.08. The number of carbonyl (C=O) groups is 2. The number of benzene rings is 2. The van der Waals surface area contributed by atoms with E-state index in [1.165, 1.54) is 48.4 Å². The van der Waals surface area contributed by atoms with Gasteiger partial charge >= 0.3 is 0 Å². The van der Waals surface area contributed by atoms with Crippen LogP contribution in [0, 0.1) is 0 Å². The Kier molecular flexibility index (Phi) is 7.62. The standard InChI is InChI=1S/C23H19N5O5S3/c1-33-21-12-11-19(25-26-21)27-36(31,32)17-9-7-16(8-10-17)24-20(29)14-28-22(30)18(35-23(28)34)13-15-5-3-2-4-6-15/h2-13H,14H2,1H3,(H,24,29)(H,25,27). The van der Waals surface area contributed by atoms with Gasteiger partial charge in [0.15, 0.2) is 5.82 Å². The Labute approximate surface area is 216 Å². The summed E-state index contributed by atoms with van der Waals surface area (Å²) >= 11 is 6.41. The molecule has 0 radical (unpaired) electrons. The number of thioether (sulfide) groups is 1. The van der Waals surface area contributed by atoms with Crippen LogP contribution in [0.25, 0.3) is 6.08 Å². The summed E-state index contributed by atoms with van der Waals surface area (Å²) in [5.74, 6) is -0.554. The SMILES string of the molecule is COc1ccc(NS(=O)(=O)c2ccc(NC(=O)CN3C(=O)C(=Cc4ccccc4)SC3=S)cc2)nn1. The molecular formula is C23H19N5O5S3. The molecule has 10 nitrogen and oxygen atoms in total. The Morgan fingerprint density at radius 1 is 1.08 bits per heavy atom. The molecule has 1 fully saturated rings. The first-order chi connectivity index (χ1) is 17.2. The van der Waals surface area contributed by atoms with E-state index in [2.05, 4.69) is 20.2 Å². The van der Waals surface area contributed by atoms with Crippen LogP contribution in [0.3, 0.4) is 0 Å². The van der Waals surface area contributed by atoms with Crippen molar-refractivity contribution in [1.82, 2.24) is 15.1 Å². The van der Waals surface area contributed by atoms with Crippen molar-refractivity contribution in [2.45, 2.75) is 4.90 Å². The minimum absolute atomic E-state index is 0.0259. The molecule has 1 aliphatic heterocycles. The highest BCUT2D eigenvalue weighted by Gasteiger charge is 2.33. The van der Waals surface area contributed by atoms with Crippen LogP contribution in [0.2, 0.25) is 0 Å². The monoisotopic (exact) mass is 541 g/mol. The number of anilines is 2. The van der Waals surface area contributed by atoms with Crippen LogP contribution in [-0.4, -0.2) is 53.3 Å². The number of carbonyl (C=O) groups excluding carboxylic acids is 2. The molecule has 0 atom stereocenters. The minimum Gasteiger partial charge on any atom is -0.480 e. The number of rotatable bonds is 8. The maximum Gasteiger partial charge on any atom is 0.266 e. The average Bonchev–Trinajstić information content (AvgIpc) is 3.12. The summed E-state index contributed by atoms with van der Waals surface area (Å²) < 4.78 is 32.7. The third-order valence-corrected chi connectivity index (χ3v) is 7.56. The van der Waals surface area contributed by atoms with E-state index in [0.29, 0.717) is 10.6 Å². The van der Waals surface area contributed by atoms with E-state index in [0.717, 1.165) is 17.3 Å². The summed E-state index contributed by atoms with van der Waals surface area (Å²) in [4.78, 5) is 26.9. The van der Waals surface area contributed by atoms with Crippen molar-refractivity contribution >= 4 is 67.7 Å². The second-order valence-electron chi connectivity index (χ2n) is 7.32. The van der Waals surface area contributed by atoms with Crippen molar-refractivity contribution in [3.05, 3.63) is 77.2 Å². The van der Waals surface area contributed by atoms with E-state index in [1.54, 1.807) is 6.08 Å². The maximum absolute atomic E-state index is 12.7. The summed E-state index contributed by atoms with van der Waals surface area (Å²) in [5.41, 5.74) is 1.21. The van der Waals surface area contributed by atoms with Crippen LogP contribution in [0.15, 0.2) is 76.5 Å². The van der Waals surface area contributed by atoms with Crippen LogP contribution in [0.4, 0.5) is 11.5 Å². The number of methoxy groups -OCH3 is 1. The predicted molar refractivity (Wildman–Crippen MR) is 141 cm³/mol. The molecule has 2 N–H and O–H groups in total. The Bertz CT molecular complexity index is 1430. The molecule has 184 valence electrons. The highest BCUT2D eigenvalue weighted by molar-refractivity contribution is 8.26. The normalized spacial score (nSPS) is 14.7. The van der Waals surface area contributed by atoms with Crippen molar-refractivity contribution < 1.29 is 22.7 Å². The molecule has 1 aromatic heterocycles. The number of aromatic nitrogens is 2. The summed E-state index contributed by atoms with van der Waals surface area (Å²) in [5, 5.41) is 10.1. The lowest BCUT2D eigenvalue weighted by atomic mass is 10.2. The Morgan fingerprint density at radius 3 is 2.44 bits per heavy atom. The third-order valence-electron chi connectivity index (χ3n) is 4.81. The van der Waals surface area contributed by atoms with Gasteiger partial charge in [-0.15, -0.1) is 10.2 Å². The number of hydrogen-bond donors (Lipinski definition) is 2. The van der Waals surface area contributed by atoms with Gasteiger partial charge in [0.1, 0.15) is 10.9 Å². The van der Waals surface area contributed by atoms with Crippen LogP contribution < -0.4 is 14.8 Å². The number of hydrogen-bond acceptors (Lipinski definition) is 9. The van der Waals surface area contributed by atoms with Gasteiger partial charge in [-0.25, -0.2) is 8.42 Å². The molecule has 0 aliphatic carbocycles. The molecule has 0 unspecified atom stereocenters. The number of nitrogens with one attached hydrogen (secondary N) is 2. The van der Waals surface area contributed by atoms with Crippen LogP contribution in [0.1, 0.15) is 5.56 Å². The maximum atomic E-state index is 12.7. The minimum atomic E-state index is -3.93. The first kappa shape index (κ1) is 25.3. The first-order valence-electron chi connectivity index (χ1n) is 10.4. The number of thiocarbonyl (C=S) groups is 1. The highest BCUT2D eigenvalue weighted by Crippen LogP contribution is 2.32. The molecule has 2 aromatic carbocycles. The lowest BCUT2D eigenvalue weighted by Gasteiger charge is -2.14. The van der Waals surface area contributed by atoms with Crippen LogP contribution in [-0.2, 0) is 19.6 Å². The van der Waals surface area contributed by atoms with E-state index < -0.39 is 15.9 Å². The highest BCUT2D eigenvalue weighted by atomic mass is 32.2. The second-order valence-corrected chi connectivity index (χ2v) is 10.7. The number of sulfonamides is 1. The van der Waals surface area contributed by atoms with Gasteiger partial charge in [0.2, 0.25) is 11.8 Å². The fourth-order valence-corrected chi connectivity index (χ4v) is 5.33. The molecule has 4 rings (SSSR count). The van der Waals surface area contributed by atoms with E-state index >= 15 is 0 Å². The summed E-state index contributed by atoms with van der Waals surface area (Å²) in [6.45, 7) is -0.269. The molecule has 1 aliphatic rings. The quantitative estimate of drug-likeness (QED) is 0.326. The number of nitrogens with zero attached hydrogens (tertiary/aromatic N) is 3. The van der Waals surface area contributed by atoms with Crippen LogP contribution >= 0.6 is 24.0 Å². The van der Waals surface area contributed by atoms with Gasteiger partial charge in [-0.1, -0.05) is 54.3 Å². The smallest absolute Gasteiger partial charge is 0.266 e. The lowest BCUT2D eigenvalue weighted by molar-refractivity contribution is -0.126. The number of ether oxygens (including phenoxy) is 1. The van der Waals surface area contributed by atoms with E-state index in [9.17, 15) is 18.0 Å². The fraction of sp³-hybridized carbons (Fsp3) is 0.0870. The van der Waals surface area contributed by atoms with Crippen molar-refractivity contribution in [3.8, 4) is 5.88 Å². The molecule has 0 bridgehead atoms. The topological polar surface area (TPSA) is 131 Å². The van der Waals surface area contributed by atoms with Gasteiger partial charge < -0.3 is 10.1 Å². The van der Waals surface area contributed by atoms with Crippen molar-refractivity contribution in [1.29, 1.82) is 0 Å². The first-order valence-corrected chi connectivity index (χ1v) is 13.1. The second kappa shape index (κ2) is 10.8. The molecule has 13 heteroatoms. The van der Waals surface area contributed by atoms with Gasteiger partial charge in [0.25, 0.3) is 15.9 Å². The van der Waals surface area contributed by atoms with Crippen molar-refractivity contribution in [2.75, 3.05) is 23.7 Å². The summed E-state index contributed by atoms with van der Waals surface area (Å²) in [7, 11) is -2.51. The van der Waals surface area contributed by atoms with Crippen LogP contribution in [0.5, 0.6) is 5.88 Å². The Hall–Kier alpha value is -3.81. The van der Waals surface area contributed by atoms with Gasteiger partial charge in [-0.3, -0.25) is 19.2 Å². The predicted octanol–water partition coefficient (Wildman–Crippen LogP) is 3.13. The zero-order chi connectivity index (χ0) is 25.7. The molecule has 2 heterocycles. The average molecular weight is 542 g/mol. The van der Waals surface area contributed by atoms with Gasteiger partial charge in [0, 0.05) is 11.8 Å². The lowest BCUT2D eigenvalue weighted by Crippen LogP contribution is -2.36. The zero-order valence-corrected chi connectivity index (χ0v) is 21.2. The molecule has 3 aromatic rings. The summed E-state index contributed by atoms with van der Waals surface area (Å²) in [6.07, 6.45) is 1.72. The summed E-state index contributed by atoms with van der Waals surface area (Å²) in [6, 6.07) is 17.7. The van der Waals surface area contributed by atoms with Gasteiger partial charge in [-0.05, 0) is 42.0 Å². The van der Waals surface area contributed by atoms with E-state index in [-0.39, 0.29) is 33.4 Å². The number of amides is 2. The Balaban J connectivity index is 1.37. The van der Waals surface area contributed by atoms with Gasteiger partial charge in [-0.2, -0.15) is 0 Å². The molecule has 0 spiro atoms.